The van der Waals surface area contributed by atoms with Crippen LogP contribution in [0.15, 0.2) is 12.1 Å². The Kier molecular flexibility index (Phi) is 2.86. The van der Waals surface area contributed by atoms with Crippen LogP contribution in [-0.2, 0) is 6.42 Å². The monoisotopic (exact) mass is 304 g/mol. The number of aliphatic hydroxyl groups excluding tert-OH is 1. The maximum absolute atomic E-state index is 11.4. The molecule has 5 atom stereocenters. The lowest BCUT2D eigenvalue weighted by Crippen LogP contribution is -2.57. The first-order chi connectivity index (χ1) is 10.4. The molecule has 4 rings (SSSR count). The maximum Gasteiger partial charge on any atom is 0.157 e. The quantitative estimate of drug-likeness (QED) is 0.555. The van der Waals surface area contributed by atoms with Crippen molar-refractivity contribution in [2.45, 2.75) is 63.1 Å². The van der Waals surface area contributed by atoms with Gasteiger partial charge in [0, 0.05) is 5.41 Å². The smallest absolute Gasteiger partial charge is 0.157 e. The molecule has 1 aromatic carbocycles. The topological polar surface area (TPSA) is 80.9 Å². The predicted molar refractivity (Wildman–Crippen MR) is 81.9 cm³/mol. The Bertz CT molecular complexity index is 628. The Morgan fingerprint density at radius 1 is 1.05 bits per heavy atom. The second-order valence-corrected chi connectivity index (χ2v) is 7.73. The number of phenols is 2. The van der Waals surface area contributed by atoms with Crippen LogP contribution in [0.4, 0.5) is 0 Å². The Morgan fingerprint density at radius 3 is 2.55 bits per heavy atom. The summed E-state index contributed by atoms with van der Waals surface area (Å²) < 4.78 is 0. The number of aromatic hydroxyl groups is 2. The third-order valence-corrected chi connectivity index (χ3v) is 6.96. The molecule has 0 spiro atoms. The van der Waals surface area contributed by atoms with E-state index in [-0.39, 0.29) is 23.3 Å². The van der Waals surface area contributed by atoms with Gasteiger partial charge in [0.25, 0.3) is 0 Å². The minimum absolute atomic E-state index is 0.0622. The van der Waals surface area contributed by atoms with E-state index in [1.807, 2.05) is 6.92 Å². The molecule has 2 saturated carbocycles. The van der Waals surface area contributed by atoms with Crippen LogP contribution in [0.5, 0.6) is 11.5 Å². The number of aryl methyl sites for hydroxylation is 1. The van der Waals surface area contributed by atoms with Gasteiger partial charge in [-0.15, -0.1) is 0 Å². The fourth-order valence-electron chi connectivity index (χ4n) is 5.55. The molecule has 0 aromatic heterocycles. The van der Waals surface area contributed by atoms with Crippen molar-refractivity contribution in [1.82, 2.24) is 0 Å². The van der Waals surface area contributed by atoms with E-state index in [1.54, 1.807) is 12.1 Å². The summed E-state index contributed by atoms with van der Waals surface area (Å²) in [4.78, 5) is 0. The summed E-state index contributed by atoms with van der Waals surface area (Å²) in [6, 6.07) is 3.35. The third-order valence-electron chi connectivity index (χ3n) is 6.96. The van der Waals surface area contributed by atoms with Gasteiger partial charge in [-0.25, -0.2) is 0 Å². The molecule has 0 bridgehead atoms. The molecule has 3 aliphatic rings. The Hall–Kier alpha value is -1.26. The highest BCUT2D eigenvalue weighted by molar-refractivity contribution is 5.49. The molecular formula is C18H24O4. The molecule has 0 saturated heterocycles. The number of rotatable bonds is 0. The van der Waals surface area contributed by atoms with Crippen LogP contribution in [0.3, 0.4) is 0 Å². The largest absolute Gasteiger partial charge is 0.504 e. The van der Waals surface area contributed by atoms with Crippen molar-refractivity contribution in [3.63, 3.8) is 0 Å². The van der Waals surface area contributed by atoms with Gasteiger partial charge in [0.15, 0.2) is 11.5 Å². The van der Waals surface area contributed by atoms with Crippen LogP contribution in [-0.4, -0.2) is 32.1 Å². The number of benzene rings is 1. The molecule has 4 heteroatoms. The van der Waals surface area contributed by atoms with Crippen molar-refractivity contribution in [2.24, 2.45) is 11.3 Å². The van der Waals surface area contributed by atoms with E-state index >= 15 is 0 Å². The zero-order valence-electron chi connectivity index (χ0n) is 12.9. The van der Waals surface area contributed by atoms with Crippen molar-refractivity contribution < 1.29 is 20.4 Å². The zero-order valence-corrected chi connectivity index (χ0v) is 12.9. The molecule has 0 heterocycles. The molecule has 3 aliphatic carbocycles. The second kappa shape index (κ2) is 4.39. The Morgan fingerprint density at radius 2 is 1.77 bits per heavy atom. The SMILES string of the molecule is C[C@]12CCC3c4cc(O)c(O)cc4CCC3[C@@]1(O)CC[C@H]2O. The summed E-state index contributed by atoms with van der Waals surface area (Å²) in [6.07, 6.45) is 4.30. The molecule has 2 unspecified atom stereocenters. The van der Waals surface area contributed by atoms with Gasteiger partial charge < -0.3 is 20.4 Å². The van der Waals surface area contributed by atoms with Gasteiger partial charge in [-0.3, -0.25) is 0 Å². The Labute approximate surface area is 130 Å². The highest BCUT2D eigenvalue weighted by Gasteiger charge is 2.63. The fraction of sp³-hybridized carbons (Fsp3) is 0.667. The van der Waals surface area contributed by atoms with Crippen molar-refractivity contribution in [1.29, 1.82) is 0 Å². The average molecular weight is 304 g/mol. The lowest BCUT2D eigenvalue weighted by Gasteiger charge is -2.55. The third kappa shape index (κ3) is 1.60. The van der Waals surface area contributed by atoms with E-state index in [2.05, 4.69) is 0 Å². The highest BCUT2D eigenvalue weighted by atomic mass is 16.3. The minimum Gasteiger partial charge on any atom is -0.504 e. The standard InChI is InChI=1S/C18H24O4/c1-17-6-4-11-12-9-15(20)14(19)8-10(12)2-3-13(11)18(17,22)7-5-16(17)21/h8-9,11,13,16,19-22H,2-7H2,1H3/t11?,13?,16-,17-,18+/m1/s1. The first-order valence-corrected chi connectivity index (χ1v) is 8.32. The molecule has 2 fully saturated rings. The fourth-order valence-corrected chi connectivity index (χ4v) is 5.55. The molecule has 0 aliphatic heterocycles. The second-order valence-electron chi connectivity index (χ2n) is 7.73. The molecule has 0 amide bonds. The molecule has 1 aromatic rings. The highest BCUT2D eigenvalue weighted by Crippen LogP contribution is 2.63. The molecule has 4 nitrogen and oxygen atoms in total. The van der Waals surface area contributed by atoms with E-state index in [1.165, 1.54) is 0 Å². The zero-order chi connectivity index (χ0) is 15.7. The van der Waals surface area contributed by atoms with Gasteiger partial charge in [-0.1, -0.05) is 6.92 Å². The number of phenolic OH excluding ortho intramolecular Hbond substituents is 2. The molecular weight excluding hydrogens is 280 g/mol. The van der Waals surface area contributed by atoms with E-state index in [4.69, 9.17) is 0 Å². The lowest BCUT2D eigenvalue weighted by atomic mass is 9.53. The normalized spacial score (nSPS) is 43.3. The summed E-state index contributed by atoms with van der Waals surface area (Å²) >= 11 is 0. The maximum atomic E-state index is 11.4. The molecule has 4 N–H and O–H groups in total. The van der Waals surface area contributed by atoms with Gasteiger partial charge in [-0.2, -0.15) is 0 Å². The number of aliphatic hydroxyl groups is 2. The predicted octanol–water partition coefficient (Wildman–Crippen LogP) is 2.43. The van der Waals surface area contributed by atoms with Gasteiger partial charge in [0.2, 0.25) is 0 Å². The number of hydrogen-bond acceptors (Lipinski definition) is 4. The van der Waals surface area contributed by atoms with E-state index in [0.29, 0.717) is 12.8 Å². The summed E-state index contributed by atoms with van der Waals surface area (Å²) in [6.45, 7) is 2.03. The molecule has 22 heavy (non-hydrogen) atoms. The van der Waals surface area contributed by atoms with Crippen molar-refractivity contribution in [3.8, 4) is 11.5 Å². The number of hydrogen-bond donors (Lipinski definition) is 4. The Balaban J connectivity index is 1.78. The van der Waals surface area contributed by atoms with Gasteiger partial charge in [0.05, 0.1) is 11.7 Å². The van der Waals surface area contributed by atoms with Crippen LogP contribution in [0, 0.1) is 11.3 Å². The summed E-state index contributed by atoms with van der Waals surface area (Å²) in [5.74, 6) is 0.192. The minimum atomic E-state index is -0.819. The van der Waals surface area contributed by atoms with E-state index in [0.717, 1.165) is 36.8 Å². The van der Waals surface area contributed by atoms with Gasteiger partial charge in [-0.05, 0) is 73.6 Å². The van der Waals surface area contributed by atoms with E-state index in [9.17, 15) is 20.4 Å². The van der Waals surface area contributed by atoms with Crippen LogP contribution in [0.2, 0.25) is 0 Å². The van der Waals surface area contributed by atoms with Crippen molar-refractivity contribution in [2.75, 3.05) is 0 Å². The summed E-state index contributed by atoms with van der Waals surface area (Å²) in [5.41, 5.74) is 0.927. The summed E-state index contributed by atoms with van der Waals surface area (Å²) in [7, 11) is 0. The summed E-state index contributed by atoms with van der Waals surface area (Å²) in [5, 5.41) is 41.4. The molecule has 0 radical (unpaired) electrons. The van der Waals surface area contributed by atoms with Crippen LogP contribution in [0.25, 0.3) is 0 Å². The molecule has 120 valence electrons. The van der Waals surface area contributed by atoms with E-state index < -0.39 is 17.1 Å². The van der Waals surface area contributed by atoms with Crippen LogP contribution >= 0.6 is 0 Å². The number of fused-ring (bicyclic) bond motifs is 5. The van der Waals surface area contributed by atoms with Crippen molar-refractivity contribution >= 4 is 0 Å². The van der Waals surface area contributed by atoms with Gasteiger partial charge in [0.1, 0.15) is 0 Å². The average Bonchev–Trinajstić information content (AvgIpc) is 2.73. The first-order valence-electron chi connectivity index (χ1n) is 8.32. The van der Waals surface area contributed by atoms with Crippen molar-refractivity contribution in [3.05, 3.63) is 23.3 Å². The van der Waals surface area contributed by atoms with Crippen LogP contribution < -0.4 is 0 Å². The first kappa shape index (κ1) is 14.3. The lowest BCUT2D eigenvalue weighted by molar-refractivity contribution is -0.162. The van der Waals surface area contributed by atoms with Crippen LogP contribution in [0.1, 0.15) is 56.1 Å². The van der Waals surface area contributed by atoms with Gasteiger partial charge >= 0.3 is 0 Å².